The third-order valence-corrected chi connectivity index (χ3v) is 1.45. The summed E-state index contributed by atoms with van der Waals surface area (Å²) < 4.78 is 35.4. The van der Waals surface area contributed by atoms with Crippen LogP contribution in [0.4, 0.5) is 13.2 Å². The average molecular weight is 201 g/mol. The normalized spacial score (nSPS) is 16.3. The molecule has 1 unspecified atom stereocenters. The molecule has 0 saturated carbocycles. The molecular formula is C3H2Cl3F3. The minimum absolute atomic E-state index is 2.11. The standard InChI is InChI=1S/C3H2Cl3F3/c4-1(5)3(8,9)2(6)7/h1-2H. The first-order valence-corrected chi connectivity index (χ1v) is 3.14. The molecule has 0 N–H and O–H groups in total. The highest BCUT2D eigenvalue weighted by Gasteiger charge is 2.45. The zero-order chi connectivity index (χ0) is 7.65. The van der Waals surface area contributed by atoms with E-state index >= 15 is 0 Å². The summed E-state index contributed by atoms with van der Waals surface area (Å²) in [5.74, 6) is -3.87. The van der Waals surface area contributed by atoms with Gasteiger partial charge in [-0.1, -0.05) is 34.8 Å². The van der Waals surface area contributed by atoms with E-state index in [-0.39, 0.29) is 0 Å². The maximum atomic E-state index is 11.9. The number of halogens is 6. The lowest BCUT2D eigenvalue weighted by Gasteiger charge is -2.15. The average Bonchev–Trinajstić information content (AvgIpc) is 1.65. The molecule has 0 rings (SSSR count). The van der Waals surface area contributed by atoms with Gasteiger partial charge in [0, 0.05) is 0 Å². The fourth-order valence-electron chi connectivity index (χ4n) is 0.0952. The van der Waals surface area contributed by atoms with Crippen LogP contribution in [-0.4, -0.2) is 16.4 Å². The summed E-state index contributed by atoms with van der Waals surface area (Å²) in [6.45, 7) is 0. The summed E-state index contributed by atoms with van der Waals surface area (Å²) in [6.07, 6.45) is 0. The van der Waals surface area contributed by atoms with E-state index in [0.29, 0.717) is 0 Å². The van der Waals surface area contributed by atoms with E-state index < -0.39 is 16.4 Å². The Labute approximate surface area is 64.9 Å². The van der Waals surface area contributed by atoms with Gasteiger partial charge in [0.05, 0.1) is 0 Å². The van der Waals surface area contributed by atoms with Gasteiger partial charge in [0.1, 0.15) is 0 Å². The van der Waals surface area contributed by atoms with E-state index in [1.165, 1.54) is 0 Å². The lowest BCUT2D eigenvalue weighted by Crippen LogP contribution is -2.32. The molecule has 0 aromatic heterocycles. The summed E-state index contributed by atoms with van der Waals surface area (Å²) in [5, 5.41) is 0. The van der Waals surface area contributed by atoms with Crippen LogP contribution in [-0.2, 0) is 0 Å². The van der Waals surface area contributed by atoms with Gasteiger partial charge in [0.25, 0.3) is 0 Å². The Morgan fingerprint density at radius 1 is 1.11 bits per heavy atom. The topological polar surface area (TPSA) is 0 Å². The van der Waals surface area contributed by atoms with Crippen LogP contribution in [0.25, 0.3) is 0 Å². The minimum Gasteiger partial charge on any atom is -0.223 e. The van der Waals surface area contributed by atoms with Crippen molar-refractivity contribution in [3.8, 4) is 0 Å². The molecule has 0 aliphatic carbocycles. The third-order valence-electron chi connectivity index (χ3n) is 0.582. The minimum atomic E-state index is -3.87. The Hall–Kier alpha value is 0.660. The van der Waals surface area contributed by atoms with Crippen molar-refractivity contribution in [1.82, 2.24) is 0 Å². The second-order valence-corrected chi connectivity index (χ2v) is 2.76. The molecule has 0 aliphatic heterocycles. The van der Waals surface area contributed by atoms with Crippen molar-refractivity contribution in [2.45, 2.75) is 16.4 Å². The first-order valence-electron chi connectivity index (χ1n) is 1.83. The van der Waals surface area contributed by atoms with E-state index in [4.69, 9.17) is 0 Å². The summed E-state index contributed by atoms with van der Waals surface area (Å²) >= 11 is 13.7. The predicted octanol–water partition coefficient (Wildman–Crippen LogP) is 2.96. The van der Waals surface area contributed by atoms with E-state index in [1.807, 2.05) is 0 Å². The molecule has 9 heavy (non-hydrogen) atoms. The molecular weight excluding hydrogens is 199 g/mol. The second kappa shape index (κ2) is 3.17. The molecule has 0 aliphatic rings. The monoisotopic (exact) mass is 200 g/mol. The number of alkyl halides is 6. The summed E-state index contributed by atoms with van der Waals surface area (Å²) in [7, 11) is 0. The molecule has 0 saturated heterocycles. The summed E-state index contributed by atoms with van der Waals surface area (Å²) in [6, 6.07) is 0. The van der Waals surface area contributed by atoms with Crippen molar-refractivity contribution in [3.05, 3.63) is 0 Å². The van der Waals surface area contributed by atoms with Crippen LogP contribution in [0, 0.1) is 0 Å². The van der Waals surface area contributed by atoms with Gasteiger partial charge >= 0.3 is 5.92 Å². The van der Waals surface area contributed by atoms with Gasteiger partial charge in [-0.2, -0.15) is 8.78 Å². The number of hydrogen-bond acceptors (Lipinski definition) is 0. The fraction of sp³-hybridized carbons (Fsp3) is 1.00. The van der Waals surface area contributed by atoms with Crippen molar-refractivity contribution in [2.24, 2.45) is 0 Å². The van der Waals surface area contributed by atoms with Crippen LogP contribution in [0.15, 0.2) is 0 Å². The molecule has 0 spiro atoms. The molecule has 0 aromatic carbocycles. The lowest BCUT2D eigenvalue weighted by atomic mass is 10.4. The molecule has 56 valence electrons. The van der Waals surface area contributed by atoms with Gasteiger partial charge in [-0.3, -0.25) is 0 Å². The first kappa shape index (κ1) is 9.66. The lowest BCUT2D eigenvalue weighted by molar-refractivity contribution is -0.0269. The summed E-state index contributed by atoms with van der Waals surface area (Å²) in [5.41, 5.74) is -2.84. The highest BCUT2D eigenvalue weighted by molar-refractivity contribution is 6.45. The highest BCUT2D eigenvalue weighted by Crippen LogP contribution is 2.33. The Bertz CT molecular complexity index is 82.3. The van der Waals surface area contributed by atoms with E-state index in [9.17, 15) is 13.2 Å². The molecule has 0 amide bonds. The Balaban J connectivity index is 4.01. The van der Waals surface area contributed by atoms with Gasteiger partial charge in [-0.25, -0.2) is 4.39 Å². The SMILES string of the molecule is FC(Cl)C(F)(F)C(Cl)Cl. The number of rotatable bonds is 2. The predicted molar refractivity (Wildman–Crippen MR) is 31.2 cm³/mol. The quantitative estimate of drug-likeness (QED) is 0.603. The van der Waals surface area contributed by atoms with E-state index in [0.717, 1.165) is 0 Å². The van der Waals surface area contributed by atoms with Gasteiger partial charge in [-0.15, -0.1) is 0 Å². The smallest absolute Gasteiger partial charge is 0.223 e. The zero-order valence-electron chi connectivity index (χ0n) is 3.92. The largest absolute Gasteiger partial charge is 0.321 e. The van der Waals surface area contributed by atoms with Gasteiger partial charge in [-0.05, 0) is 0 Å². The van der Waals surface area contributed by atoms with Crippen LogP contribution in [0.3, 0.4) is 0 Å². The molecule has 0 aromatic rings. The third kappa shape index (κ3) is 2.40. The van der Waals surface area contributed by atoms with E-state index in [2.05, 4.69) is 34.8 Å². The van der Waals surface area contributed by atoms with Crippen molar-refractivity contribution < 1.29 is 13.2 Å². The molecule has 0 nitrogen and oxygen atoms in total. The van der Waals surface area contributed by atoms with Crippen molar-refractivity contribution in [2.75, 3.05) is 0 Å². The molecule has 0 bridgehead atoms. The molecule has 0 heterocycles. The van der Waals surface area contributed by atoms with Crippen LogP contribution < -0.4 is 0 Å². The van der Waals surface area contributed by atoms with Crippen LogP contribution in [0.2, 0.25) is 0 Å². The van der Waals surface area contributed by atoms with Gasteiger partial charge in [0.15, 0.2) is 4.84 Å². The van der Waals surface area contributed by atoms with Crippen molar-refractivity contribution >= 4 is 34.8 Å². The molecule has 1 atom stereocenters. The second-order valence-electron chi connectivity index (χ2n) is 1.28. The zero-order valence-corrected chi connectivity index (χ0v) is 6.19. The highest BCUT2D eigenvalue weighted by atomic mass is 35.5. The van der Waals surface area contributed by atoms with Gasteiger partial charge < -0.3 is 0 Å². The molecule has 6 heteroatoms. The maximum Gasteiger partial charge on any atom is 0.321 e. The fourth-order valence-corrected chi connectivity index (χ4v) is 0.571. The summed E-state index contributed by atoms with van der Waals surface area (Å²) in [4.78, 5) is -2.11. The molecule has 0 radical (unpaired) electrons. The molecule has 0 fully saturated rings. The van der Waals surface area contributed by atoms with Crippen molar-refractivity contribution in [1.29, 1.82) is 0 Å². The Morgan fingerprint density at radius 2 is 1.44 bits per heavy atom. The van der Waals surface area contributed by atoms with E-state index in [1.54, 1.807) is 0 Å². The van der Waals surface area contributed by atoms with Gasteiger partial charge in [0.2, 0.25) is 5.63 Å². The first-order chi connectivity index (χ1) is 3.89. The number of hydrogen-bond donors (Lipinski definition) is 0. The van der Waals surface area contributed by atoms with Crippen molar-refractivity contribution in [3.63, 3.8) is 0 Å². The Kier molecular flexibility index (Phi) is 3.40. The van der Waals surface area contributed by atoms with Crippen LogP contribution in [0.5, 0.6) is 0 Å². The van der Waals surface area contributed by atoms with Crippen LogP contribution >= 0.6 is 34.8 Å². The Morgan fingerprint density at radius 3 is 1.44 bits per heavy atom. The maximum absolute atomic E-state index is 11.9. The van der Waals surface area contributed by atoms with Crippen LogP contribution in [0.1, 0.15) is 0 Å².